The molecule has 1 aliphatic rings. The molecule has 0 atom stereocenters. The van der Waals surface area contributed by atoms with Gasteiger partial charge in [0.15, 0.2) is 5.96 Å². The number of nitrogens with one attached hydrogen (secondary N) is 1. The van der Waals surface area contributed by atoms with Gasteiger partial charge in [-0.2, -0.15) is 0 Å². The van der Waals surface area contributed by atoms with E-state index in [1.54, 1.807) is 4.90 Å². The summed E-state index contributed by atoms with van der Waals surface area (Å²) >= 11 is 0. The van der Waals surface area contributed by atoms with E-state index in [0.29, 0.717) is 25.7 Å². The molecule has 1 aliphatic heterocycles. The second kappa shape index (κ2) is 11.9. The molecule has 6 nitrogen and oxygen atoms in total. The second-order valence-corrected chi connectivity index (χ2v) is 5.96. The molecule has 0 saturated carbocycles. The van der Waals surface area contributed by atoms with E-state index in [2.05, 4.69) is 34.6 Å². The van der Waals surface area contributed by atoms with Crippen LogP contribution in [-0.4, -0.2) is 49.2 Å². The number of carbonyl (C=O) groups excluding carboxylic acids is 1. The maximum atomic E-state index is 11.7. The van der Waals surface area contributed by atoms with Crippen LogP contribution in [0.15, 0.2) is 35.3 Å². The predicted molar refractivity (Wildman–Crippen MR) is 111 cm³/mol. The number of hydrogen-bond donors (Lipinski definition) is 2. The van der Waals surface area contributed by atoms with Crippen LogP contribution in [0.3, 0.4) is 0 Å². The number of aliphatic imine (C=N–C) groups is 1. The van der Waals surface area contributed by atoms with Crippen LogP contribution >= 0.6 is 24.0 Å². The van der Waals surface area contributed by atoms with E-state index >= 15 is 0 Å². The molecule has 1 aromatic rings. The first-order valence-electron chi connectivity index (χ1n) is 8.71. The molecule has 25 heavy (non-hydrogen) atoms. The van der Waals surface area contributed by atoms with Crippen LogP contribution in [0.4, 0.5) is 4.79 Å². The van der Waals surface area contributed by atoms with Crippen molar-refractivity contribution in [2.45, 2.75) is 38.6 Å². The zero-order valence-electron chi connectivity index (χ0n) is 14.8. The summed E-state index contributed by atoms with van der Waals surface area (Å²) < 4.78 is 5.02. The maximum Gasteiger partial charge on any atom is 0.409 e. The van der Waals surface area contributed by atoms with Crippen molar-refractivity contribution >= 4 is 36.0 Å². The van der Waals surface area contributed by atoms with Crippen LogP contribution in [0.1, 0.15) is 31.7 Å². The van der Waals surface area contributed by atoms with Crippen molar-refractivity contribution in [3.63, 3.8) is 0 Å². The maximum absolute atomic E-state index is 11.7. The molecule has 1 saturated heterocycles. The van der Waals surface area contributed by atoms with Crippen LogP contribution in [0.5, 0.6) is 0 Å². The SMILES string of the molecule is CCOC(=O)N1CCC(NC(N)=NCCCc2ccccc2)CC1.I. The quantitative estimate of drug-likeness (QED) is 0.296. The molecule has 3 N–H and O–H groups in total. The van der Waals surface area contributed by atoms with Crippen LogP contribution in [-0.2, 0) is 11.2 Å². The molecule has 0 aromatic heterocycles. The number of nitrogens with two attached hydrogens (primary N) is 1. The Balaban J connectivity index is 0.00000312. The summed E-state index contributed by atoms with van der Waals surface area (Å²) in [6.07, 6.45) is 3.49. The van der Waals surface area contributed by atoms with Gasteiger partial charge < -0.3 is 20.7 Å². The van der Waals surface area contributed by atoms with Crippen molar-refractivity contribution in [1.29, 1.82) is 0 Å². The Hall–Kier alpha value is -1.51. The first kappa shape index (κ1) is 21.5. The largest absolute Gasteiger partial charge is 0.450 e. The van der Waals surface area contributed by atoms with Crippen LogP contribution in [0, 0.1) is 0 Å². The highest BCUT2D eigenvalue weighted by Crippen LogP contribution is 2.11. The third kappa shape index (κ3) is 7.94. The molecule has 1 fully saturated rings. The Labute approximate surface area is 167 Å². The zero-order chi connectivity index (χ0) is 17.2. The number of rotatable bonds is 6. The van der Waals surface area contributed by atoms with Crippen molar-refractivity contribution in [2.24, 2.45) is 10.7 Å². The van der Waals surface area contributed by atoms with Crippen molar-refractivity contribution in [3.8, 4) is 0 Å². The molecule has 1 amide bonds. The van der Waals surface area contributed by atoms with Gasteiger partial charge in [-0.15, -0.1) is 24.0 Å². The first-order chi connectivity index (χ1) is 11.7. The monoisotopic (exact) mass is 460 g/mol. The van der Waals surface area contributed by atoms with Gasteiger partial charge >= 0.3 is 6.09 Å². The molecule has 140 valence electrons. The van der Waals surface area contributed by atoms with Gasteiger partial charge in [-0.3, -0.25) is 4.99 Å². The van der Waals surface area contributed by atoms with E-state index in [-0.39, 0.29) is 36.1 Å². The summed E-state index contributed by atoms with van der Waals surface area (Å²) in [7, 11) is 0. The number of ether oxygens (including phenoxy) is 1. The van der Waals surface area contributed by atoms with Gasteiger partial charge in [0.1, 0.15) is 0 Å². The van der Waals surface area contributed by atoms with Gasteiger partial charge in [0.25, 0.3) is 0 Å². The number of aryl methyl sites for hydroxylation is 1. The standard InChI is InChI=1S/C18H28N4O2.HI/c1-2-24-18(23)22-13-10-16(11-14-22)21-17(19)20-12-6-9-15-7-4-3-5-8-15;/h3-5,7-8,16H,2,6,9-14H2,1H3,(H3,19,20,21);1H. The predicted octanol–water partition coefficient (Wildman–Crippen LogP) is 2.76. The molecule has 1 heterocycles. The number of halogens is 1. The highest BCUT2D eigenvalue weighted by atomic mass is 127. The third-order valence-corrected chi connectivity index (χ3v) is 4.12. The summed E-state index contributed by atoms with van der Waals surface area (Å²) in [5.74, 6) is 0.498. The lowest BCUT2D eigenvalue weighted by atomic mass is 10.1. The molecule has 0 bridgehead atoms. The number of likely N-dealkylation sites (tertiary alicyclic amines) is 1. The van der Waals surface area contributed by atoms with E-state index in [9.17, 15) is 4.79 Å². The fourth-order valence-corrected chi connectivity index (χ4v) is 2.80. The van der Waals surface area contributed by atoms with Crippen molar-refractivity contribution in [1.82, 2.24) is 10.2 Å². The number of amides is 1. The van der Waals surface area contributed by atoms with E-state index in [4.69, 9.17) is 10.5 Å². The molecule has 0 radical (unpaired) electrons. The minimum absolute atomic E-state index is 0. The minimum atomic E-state index is -0.224. The molecule has 2 rings (SSSR count). The number of piperidine rings is 1. The summed E-state index contributed by atoms with van der Waals surface area (Å²) in [6.45, 7) is 4.34. The third-order valence-electron chi connectivity index (χ3n) is 4.12. The number of benzene rings is 1. The Kier molecular flexibility index (Phi) is 10.3. The van der Waals surface area contributed by atoms with Crippen molar-refractivity contribution in [3.05, 3.63) is 35.9 Å². The topological polar surface area (TPSA) is 80.0 Å². The summed E-state index contributed by atoms with van der Waals surface area (Å²) in [4.78, 5) is 17.8. The minimum Gasteiger partial charge on any atom is -0.450 e. The normalized spacial score (nSPS) is 15.4. The highest BCUT2D eigenvalue weighted by molar-refractivity contribution is 14.0. The Bertz CT molecular complexity index is 531. The first-order valence-corrected chi connectivity index (χ1v) is 8.71. The fourth-order valence-electron chi connectivity index (χ4n) is 2.80. The van der Waals surface area contributed by atoms with E-state index in [1.807, 2.05) is 13.0 Å². The van der Waals surface area contributed by atoms with Gasteiger partial charge in [-0.05, 0) is 38.2 Å². The molecule has 0 aliphatic carbocycles. The van der Waals surface area contributed by atoms with Gasteiger partial charge in [-0.25, -0.2) is 4.79 Å². The lowest BCUT2D eigenvalue weighted by Crippen LogP contribution is -2.48. The molecule has 0 spiro atoms. The van der Waals surface area contributed by atoms with E-state index in [0.717, 1.165) is 32.2 Å². The fraction of sp³-hybridized carbons (Fsp3) is 0.556. The molecule has 1 aromatic carbocycles. The number of carbonyl (C=O) groups is 1. The van der Waals surface area contributed by atoms with E-state index < -0.39 is 0 Å². The molecule has 0 unspecified atom stereocenters. The number of guanidine groups is 1. The summed E-state index contributed by atoms with van der Waals surface area (Å²) in [6, 6.07) is 10.7. The molecular weight excluding hydrogens is 431 g/mol. The summed E-state index contributed by atoms with van der Waals surface area (Å²) in [5, 5.41) is 3.26. The average Bonchev–Trinajstić information content (AvgIpc) is 2.60. The Morgan fingerprint density at radius 2 is 2.00 bits per heavy atom. The van der Waals surface area contributed by atoms with Crippen LogP contribution in [0.2, 0.25) is 0 Å². The smallest absolute Gasteiger partial charge is 0.409 e. The van der Waals surface area contributed by atoms with Gasteiger partial charge in [0, 0.05) is 25.7 Å². The Morgan fingerprint density at radius 3 is 2.64 bits per heavy atom. The molecule has 7 heteroatoms. The van der Waals surface area contributed by atoms with Crippen LogP contribution < -0.4 is 11.1 Å². The Morgan fingerprint density at radius 1 is 1.32 bits per heavy atom. The molecular formula is C18H29IN4O2. The lowest BCUT2D eigenvalue weighted by molar-refractivity contribution is 0.0963. The van der Waals surface area contributed by atoms with Crippen molar-refractivity contribution < 1.29 is 9.53 Å². The summed E-state index contributed by atoms with van der Waals surface area (Å²) in [5.41, 5.74) is 7.28. The van der Waals surface area contributed by atoms with Crippen molar-refractivity contribution in [2.75, 3.05) is 26.2 Å². The second-order valence-electron chi connectivity index (χ2n) is 5.96. The van der Waals surface area contributed by atoms with E-state index in [1.165, 1.54) is 5.56 Å². The number of nitrogens with zero attached hydrogens (tertiary/aromatic N) is 2. The zero-order valence-corrected chi connectivity index (χ0v) is 17.1. The van der Waals surface area contributed by atoms with Crippen LogP contribution in [0.25, 0.3) is 0 Å². The lowest BCUT2D eigenvalue weighted by Gasteiger charge is -2.31. The van der Waals surface area contributed by atoms with Gasteiger partial charge in [0.2, 0.25) is 0 Å². The van der Waals surface area contributed by atoms with Gasteiger partial charge in [0.05, 0.1) is 6.61 Å². The number of hydrogen-bond acceptors (Lipinski definition) is 3. The van der Waals surface area contributed by atoms with Gasteiger partial charge in [-0.1, -0.05) is 30.3 Å². The highest BCUT2D eigenvalue weighted by Gasteiger charge is 2.23. The average molecular weight is 460 g/mol.